The Hall–Kier alpha value is -2.85. The summed E-state index contributed by atoms with van der Waals surface area (Å²) < 4.78 is 34.5. The fourth-order valence-electron chi connectivity index (χ4n) is 4.25. The molecule has 0 unspecified atom stereocenters. The molecule has 3 aromatic rings. The van der Waals surface area contributed by atoms with Crippen LogP contribution in [0.3, 0.4) is 0 Å². The van der Waals surface area contributed by atoms with Crippen LogP contribution in [-0.4, -0.2) is 43.4 Å². The molecule has 32 heavy (non-hydrogen) atoms. The lowest BCUT2D eigenvalue weighted by Crippen LogP contribution is -2.36. The summed E-state index contributed by atoms with van der Waals surface area (Å²) in [5, 5.41) is 8.24. The summed E-state index contributed by atoms with van der Waals surface area (Å²) in [7, 11) is 0. The molecule has 0 saturated heterocycles. The number of benzene rings is 1. The van der Waals surface area contributed by atoms with E-state index in [1.165, 1.54) is 12.1 Å². The molecule has 0 spiro atoms. The van der Waals surface area contributed by atoms with E-state index in [1.54, 1.807) is 15.8 Å². The third kappa shape index (κ3) is 4.37. The van der Waals surface area contributed by atoms with Gasteiger partial charge in [-0.05, 0) is 37.8 Å². The molecule has 1 amide bonds. The van der Waals surface area contributed by atoms with Crippen LogP contribution in [0, 0.1) is 11.6 Å². The van der Waals surface area contributed by atoms with Crippen LogP contribution >= 0.6 is 12.4 Å². The molecule has 1 aliphatic heterocycles. The molecule has 1 fully saturated rings. The zero-order valence-corrected chi connectivity index (χ0v) is 18.0. The van der Waals surface area contributed by atoms with Gasteiger partial charge in [0.25, 0.3) is 5.91 Å². The Kier molecular flexibility index (Phi) is 6.25. The summed E-state index contributed by atoms with van der Waals surface area (Å²) in [6.45, 7) is 0.670. The fraction of sp³-hybridized carbons (Fsp3) is 0.429. The number of fused-ring (bicyclic) bond motifs is 1. The summed E-state index contributed by atoms with van der Waals surface area (Å²) in [4.78, 5) is 19.0. The van der Waals surface area contributed by atoms with Crippen LogP contribution in [0.15, 0.2) is 28.8 Å². The lowest BCUT2D eigenvalue weighted by atomic mass is 9.92. The molecule has 1 aliphatic carbocycles. The summed E-state index contributed by atoms with van der Waals surface area (Å²) in [6, 6.07) is 3.58. The highest BCUT2D eigenvalue weighted by Gasteiger charge is 2.29. The number of halogens is 3. The highest BCUT2D eigenvalue weighted by atomic mass is 35.5. The molecule has 1 aromatic carbocycles. The Labute approximate surface area is 189 Å². The minimum Gasteiger partial charge on any atom is -0.441 e. The molecule has 2 aromatic heterocycles. The molecule has 2 N–H and O–H groups in total. The molecule has 0 atom stereocenters. The number of nitrogens with two attached hydrogens (primary N) is 1. The van der Waals surface area contributed by atoms with Crippen LogP contribution in [0.4, 0.5) is 8.78 Å². The molecule has 170 valence electrons. The number of hydrogen-bond acceptors (Lipinski definition) is 6. The van der Waals surface area contributed by atoms with E-state index in [0.717, 1.165) is 31.7 Å². The third-order valence-corrected chi connectivity index (χ3v) is 5.97. The van der Waals surface area contributed by atoms with Gasteiger partial charge in [0.15, 0.2) is 5.69 Å². The van der Waals surface area contributed by atoms with Crippen molar-refractivity contribution in [3.05, 3.63) is 53.2 Å². The average molecular weight is 465 g/mol. The smallest absolute Gasteiger partial charge is 0.276 e. The largest absolute Gasteiger partial charge is 0.441 e. The number of carbonyl (C=O) groups excluding carboxylic acids is 1. The predicted molar refractivity (Wildman–Crippen MR) is 113 cm³/mol. The molecule has 11 heteroatoms. The van der Waals surface area contributed by atoms with Gasteiger partial charge < -0.3 is 15.1 Å². The fourth-order valence-corrected chi connectivity index (χ4v) is 4.25. The van der Waals surface area contributed by atoms with Gasteiger partial charge in [-0.1, -0.05) is 5.21 Å². The van der Waals surface area contributed by atoms with Crippen molar-refractivity contribution in [3.8, 4) is 11.5 Å². The summed E-state index contributed by atoms with van der Waals surface area (Å²) >= 11 is 0. The van der Waals surface area contributed by atoms with Crippen molar-refractivity contribution in [1.82, 2.24) is 24.9 Å². The van der Waals surface area contributed by atoms with Gasteiger partial charge in [-0.3, -0.25) is 4.79 Å². The monoisotopic (exact) mass is 464 g/mol. The molecule has 0 bridgehead atoms. The van der Waals surface area contributed by atoms with E-state index in [4.69, 9.17) is 10.2 Å². The second-order valence-electron chi connectivity index (χ2n) is 8.18. The van der Waals surface area contributed by atoms with Gasteiger partial charge in [-0.25, -0.2) is 18.4 Å². The van der Waals surface area contributed by atoms with Crippen LogP contribution in [-0.2, 0) is 13.0 Å². The lowest BCUT2D eigenvalue weighted by Gasteiger charge is -2.26. The summed E-state index contributed by atoms with van der Waals surface area (Å²) in [6.07, 6.45) is 5.88. The van der Waals surface area contributed by atoms with Crippen molar-refractivity contribution < 1.29 is 18.0 Å². The standard InChI is InChI=1S/C21H22F2N6O2.ClH/c22-13-7-12(8-14(23)9-13)20-25-17-10-28(6-5-19(17)31-20)21(30)18-11-29(27-26-18)16-3-1-15(24)2-4-16;/h7-9,11,15-16H,1-6,10,24H2;1H. The van der Waals surface area contributed by atoms with Crippen LogP contribution in [0.25, 0.3) is 11.5 Å². The van der Waals surface area contributed by atoms with Crippen molar-refractivity contribution in [1.29, 1.82) is 0 Å². The molecule has 1 saturated carbocycles. The lowest BCUT2D eigenvalue weighted by molar-refractivity contribution is 0.0722. The van der Waals surface area contributed by atoms with Crippen LogP contribution in [0.5, 0.6) is 0 Å². The first-order valence-electron chi connectivity index (χ1n) is 10.4. The van der Waals surface area contributed by atoms with Gasteiger partial charge in [0.1, 0.15) is 23.1 Å². The average Bonchev–Trinajstić information content (AvgIpc) is 3.40. The highest BCUT2D eigenvalue weighted by Crippen LogP contribution is 2.29. The van der Waals surface area contributed by atoms with Gasteiger partial charge in [-0.2, -0.15) is 0 Å². The molecule has 2 aliphatic rings. The number of hydrogen-bond donors (Lipinski definition) is 1. The Morgan fingerprint density at radius 2 is 1.84 bits per heavy atom. The van der Waals surface area contributed by atoms with E-state index in [-0.39, 0.29) is 54.1 Å². The summed E-state index contributed by atoms with van der Waals surface area (Å²) in [5.74, 6) is -0.882. The molecule has 5 rings (SSSR count). The van der Waals surface area contributed by atoms with Crippen LogP contribution < -0.4 is 5.73 Å². The van der Waals surface area contributed by atoms with Crippen molar-refractivity contribution in [3.63, 3.8) is 0 Å². The number of oxazole rings is 1. The van der Waals surface area contributed by atoms with Crippen LogP contribution in [0.2, 0.25) is 0 Å². The minimum atomic E-state index is -0.703. The van der Waals surface area contributed by atoms with Gasteiger partial charge in [0, 0.05) is 30.6 Å². The maximum absolute atomic E-state index is 13.5. The molecule has 3 heterocycles. The quantitative estimate of drug-likeness (QED) is 0.638. The number of aromatic nitrogens is 4. The van der Waals surface area contributed by atoms with Gasteiger partial charge in [0.05, 0.1) is 18.8 Å². The number of carbonyl (C=O) groups is 1. The van der Waals surface area contributed by atoms with Crippen molar-refractivity contribution in [2.45, 2.75) is 50.7 Å². The Balaban J connectivity index is 0.00000245. The van der Waals surface area contributed by atoms with Crippen molar-refractivity contribution >= 4 is 18.3 Å². The SMILES string of the molecule is Cl.NC1CCC(n2cc(C(=O)N3CCc4oc(-c5cc(F)cc(F)c5)nc4C3)nn2)CC1. The second kappa shape index (κ2) is 8.95. The zero-order chi connectivity index (χ0) is 21.5. The topological polar surface area (TPSA) is 103 Å². The zero-order valence-electron chi connectivity index (χ0n) is 17.2. The normalized spacial score (nSPS) is 20.5. The maximum Gasteiger partial charge on any atom is 0.276 e. The van der Waals surface area contributed by atoms with Crippen molar-refractivity contribution in [2.24, 2.45) is 5.73 Å². The predicted octanol–water partition coefficient (Wildman–Crippen LogP) is 3.27. The first kappa shape index (κ1) is 22.3. The van der Waals surface area contributed by atoms with Gasteiger partial charge >= 0.3 is 0 Å². The van der Waals surface area contributed by atoms with E-state index in [0.29, 0.717) is 24.4 Å². The number of amides is 1. The molecule has 0 radical (unpaired) electrons. The van der Waals surface area contributed by atoms with Crippen molar-refractivity contribution in [2.75, 3.05) is 6.54 Å². The van der Waals surface area contributed by atoms with Gasteiger partial charge in [0.2, 0.25) is 5.89 Å². The van der Waals surface area contributed by atoms with E-state index in [1.807, 2.05) is 0 Å². The third-order valence-electron chi connectivity index (χ3n) is 5.97. The summed E-state index contributed by atoms with van der Waals surface area (Å²) in [5.41, 5.74) is 7.05. The number of rotatable bonds is 3. The second-order valence-corrected chi connectivity index (χ2v) is 8.18. The molecule has 8 nitrogen and oxygen atoms in total. The first-order valence-corrected chi connectivity index (χ1v) is 10.4. The molecular formula is C21H23ClF2N6O2. The van der Waals surface area contributed by atoms with Gasteiger partial charge in [-0.15, -0.1) is 17.5 Å². The Morgan fingerprint density at radius 1 is 1.12 bits per heavy atom. The van der Waals surface area contributed by atoms with E-state index < -0.39 is 11.6 Å². The first-order chi connectivity index (χ1) is 15.0. The van der Waals surface area contributed by atoms with E-state index in [9.17, 15) is 13.6 Å². The van der Waals surface area contributed by atoms with E-state index >= 15 is 0 Å². The highest BCUT2D eigenvalue weighted by molar-refractivity contribution is 5.92. The Morgan fingerprint density at radius 3 is 2.56 bits per heavy atom. The number of nitrogens with zero attached hydrogens (tertiary/aromatic N) is 5. The van der Waals surface area contributed by atoms with E-state index in [2.05, 4.69) is 15.3 Å². The maximum atomic E-state index is 13.5. The van der Waals surface area contributed by atoms with Crippen LogP contribution in [0.1, 0.15) is 53.7 Å². The minimum absolute atomic E-state index is 0. The molecular weight excluding hydrogens is 442 g/mol. The Bertz CT molecular complexity index is 1110.